The first kappa shape index (κ1) is 19.6. The summed E-state index contributed by atoms with van der Waals surface area (Å²) in [5.74, 6) is 3.09. The summed E-state index contributed by atoms with van der Waals surface area (Å²) in [5.41, 5.74) is 4.74. The van der Waals surface area contributed by atoms with Gasteiger partial charge in [0, 0.05) is 11.0 Å². The van der Waals surface area contributed by atoms with Crippen molar-refractivity contribution in [1.82, 2.24) is 0 Å². The van der Waals surface area contributed by atoms with Gasteiger partial charge in [0.25, 0.3) is 0 Å². The number of fused-ring (bicyclic) bond motifs is 5. The SMILES string of the molecule is C[C@]1(O)C=C[C@H]2[C@@H]3CCC4=CCCC[C@@H]4[C@H]3[C@@H](c3ccc(-c4ccoc4)cc3)C[C@@]21C. The van der Waals surface area contributed by atoms with Gasteiger partial charge in [-0.05, 0) is 92.2 Å². The van der Waals surface area contributed by atoms with Gasteiger partial charge in [-0.25, -0.2) is 0 Å². The van der Waals surface area contributed by atoms with E-state index in [2.05, 4.69) is 49.4 Å². The monoisotopic (exact) mass is 414 g/mol. The second-order valence-electron chi connectivity index (χ2n) is 11.0. The average Bonchev–Trinajstić information content (AvgIpc) is 3.40. The zero-order chi connectivity index (χ0) is 21.2. The molecule has 6 rings (SSSR count). The third kappa shape index (κ3) is 2.87. The van der Waals surface area contributed by atoms with Crippen LogP contribution >= 0.6 is 0 Å². The van der Waals surface area contributed by atoms with Gasteiger partial charge in [0.2, 0.25) is 0 Å². The van der Waals surface area contributed by atoms with Crippen LogP contribution in [-0.2, 0) is 0 Å². The van der Waals surface area contributed by atoms with Gasteiger partial charge in [0.05, 0.1) is 18.1 Å². The van der Waals surface area contributed by atoms with Crippen molar-refractivity contribution in [3.63, 3.8) is 0 Å². The van der Waals surface area contributed by atoms with Gasteiger partial charge in [-0.1, -0.05) is 55.0 Å². The Balaban J connectivity index is 1.42. The Labute approximate surface area is 186 Å². The molecule has 2 saturated carbocycles. The van der Waals surface area contributed by atoms with Crippen molar-refractivity contribution in [3.05, 3.63) is 72.2 Å². The lowest BCUT2D eigenvalue weighted by molar-refractivity contribution is -0.102. The predicted octanol–water partition coefficient (Wildman–Crippen LogP) is 7.13. The predicted molar refractivity (Wildman–Crippen MR) is 125 cm³/mol. The van der Waals surface area contributed by atoms with Crippen LogP contribution in [0.1, 0.15) is 63.9 Å². The molecular weight excluding hydrogens is 380 g/mol. The zero-order valence-electron chi connectivity index (χ0n) is 18.8. The molecular formula is C29H34O2. The topological polar surface area (TPSA) is 33.4 Å². The molecule has 0 aliphatic heterocycles. The molecule has 2 heteroatoms. The Morgan fingerprint density at radius 1 is 1.00 bits per heavy atom. The minimum absolute atomic E-state index is 0.0854. The van der Waals surface area contributed by atoms with Crippen LogP contribution in [-0.4, -0.2) is 10.7 Å². The van der Waals surface area contributed by atoms with Crippen LogP contribution in [0.3, 0.4) is 0 Å². The quantitative estimate of drug-likeness (QED) is 0.530. The Morgan fingerprint density at radius 3 is 2.61 bits per heavy atom. The van der Waals surface area contributed by atoms with Gasteiger partial charge in [-0.2, -0.15) is 0 Å². The van der Waals surface area contributed by atoms with E-state index < -0.39 is 5.60 Å². The molecule has 0 saturated heterocycles. The van der Waals surface area contributed by atoms with Crippen molar-refractivity contribution < 1.29 is 9.52 Å². The van der Waals surface area contributed by atoms with E-state index in [1.54, 1.807) is 11.8 Å². The van der Waals surface area contributed by atoms with E-state index in [4.69, 9.17) is 4.42 Å². The highest BCUT2D eigenvalue weighted by molar-refractivity contribution is 5.62. The van der Waals surface area contributed by atoms with Crippen molar-refractivity contribution in [2.75, 3.05) is 0 Å². The molecule has 0 bridgehead atoms. The number of aliphatic hydroxyl groups is 1. The van der Waals surface area contributed by atoms with Gasteiger partial charge < -0.3 is 9.52 Å². The smallest absolute Gasteiger partial charge is 0.0980 e. The molecule has 162 valence electrons. The third-order valence-corrected chi connectivity index (χ3v) is 9.61. The van der Waals surface area contributed by atoms with Crippen molar-refractivity contribution in [3.8, 4) is 11.1 Å². The maximum atomic E-state index is 11.4. The van der Waals surface area contributed by atoms with Gasteiger partial charge in [-0.3, -0.25) is 0 Å². The van der Waals surface area contributed by atoms with E-state index in [9.17, 15) is 5.11 Å². The highest BCUT2D eigenvalue weighted by atomic mass is 16.3. The van der Waals surface area contributed by atoms with Gasteiger partial charge >= 0.3 is 0 Å². The molecule has 31 heavy (non-hydrogen) atoms. The van der Waals surface area contributed by atoms with Gasteiger partial charge in [-0.15, -0.1) is 0 Å². The van der Waals surface area contributed by atoms with Crippen molar-refractivity contribution in [2.45, 2.75) is 63.9 Å². The summed E-state index contributed by atoms with van der Waals surface area (Å²) in [6.45, 7) is 4.39. The first-order chi connectivity index (χ1) is 15.0. The Bertz CT molecular complexity index is 1010. The number of benzene rings is 1. The van der Waals surface area contributed by atoms with Crippen LogP contribution in [0, 0.1) is 29.1 Å². The molecule has 2 nitrogen and oxygen atoms in total. The van der Waals surface area contributed by atoms with Crippen molar-refractivity contribution in [2.24, 2.45) is 29.1 Å². The molecule has 1 heterocycles. The first-order valence-electron chi connectivity index (χ1n) is 12.2. The molecule has 1 aromatic carbocycles. The Kier molecular flexibility index (Phi) is 4.41. The van der Waals surface area contributed by atoms with Crippen molar-refractivity contribution >= 4 is 0 Å². The van der Waals surface area contributed by atoms with Crippen LogP contribution in [0.25, 0.3) is 11.1 Å². The van der Waals surface area contributed by atoms with Crippen LogP contribution in [0.4, 0.5) is 0 Å². The minimum atomic E-state index is -0.722. The molecule has 4 aliphatic rings. The zero-order valence-corrected chi connectivity index (χ0v) is 18.8. The molecule has 0 unspecified atom stereocenters. The van der Waals surface area contributed by atoms with E-state index in [-0.39, 0.29) is 5.41 Å². The van der Waals surface area contributed by atoms with E-state index in [1.165, 1.54) is 43.2 Å². The molecule has 0 radical (unpaired) electrons. The molecule has 2 aromatic rings. The fraction of sp³-hybridized carbons (Fsp3) is 0.517. The molecule has 2 fully saturated rings. The molecule has 0 amide bonds. The first-order valence-corrected chi connectivity index (χ1v) is 12.2. The standard InChI is InChI=1S/C29H34O2/c1-28-17-25(21-9-7-19(8-10-21)22-14-16-31-18-22)27-23-6-4-3-5-20(23)11-12-24(27)26(28)13-15-29(28,2)30/h5,7-10,13-16,18,23-27,30H,3-4,6,11-12,17H2,1-2H3/t23-,24-,25+,26-,27+,28-,29-/m0/s1. The fourth-order valence-electron chi connectivity index (χ4n) is 7.78. The number of furan rings is 1. The van der Waals surface area contributed by atoms with E-state index in [0.717, 1.165) is 17.9 Å². The normalized spacial score (nSPS) is 41.3. The second-order valence-corrected chi connectivity index (χ2v) is 11.0. The molecule has 1 N–H and O–H groups in total. The van der Waals surface area contributed by atoms with Gasteiger partial charge in [0.15, 0.2) is 0 Å². The Hall–Kier alpha value is -2.06. The number of hydrogen-bond donors (Lipinski definition) is 1. The van der Waals surface area contributed by atoms with E-state index in [0.29, 0.717) is 23.7 Å². The number of rotatable bonds is 2. The summed E-state index contributed by atoms with van der Waals surface area (Å²) >= 11 is 0. The number of allylic oxidation sites excluding steroid dienone is 3. The van der Waals surface area contributed by atoms with Gasteiger partial charge in [0.1, 0.15) is 0 Å². The summed E-state index contributed by atoms with van der Waals surface area (Å²) in [4.78, 5) is 0. The lowest BCUT2D eigenvalue weighted by Crippen LogP contribution is -2.54. The largest absolute Gasteiger partial charge is 0.472 e. The van der Waals surface area contributed by atoms with Crippen molar-refractivity contribution in [1.29, 1.82) is 0 Å². The summed E-state index contributed by atoms with van der Waals surface area (Å²) in [7, 11) is 0. The summed E-state index contributed by atoms with van der Waals surface area (Å²) in [5, 5.41) is 11.4. The molecule has 0 spiro atoms. The summed E-state index contributed by atoms with van der Waals surface area (Å²) in [6.07, 6.45) is 18.2. The minimum Gasteiger partial charge on any atom is -0.472 e. The van der Waals surface area contributed by atoms with Crippen LogP contribution < -0.4 is 0 Å². The number of hydrogen-bond acceptors (Lipinski definition) is 2. The van der Waals surface area contributed by atoms with E-state index in [1.807, 2.05) is 19.3 Å². The molecule has 1 aromatic heterocycles. The highest BCUT2D eigenvalue weighted by Gasteiger charge is 2.61. The lowest BCUT2D eigenvalue weighted by atomic mass is 9.46. The lowest BCUT2D eigenvalue weighted by Gasteiger charge is -2.58. The molecule has 7 atom stereocenters. The molecule has 4 aliphatic carbocycles. The summed E-state index contributed by atoms with van der Waals surface area (Å²) in [6, 6.07) is 11.3. The maximum Gasteiger partial charge on any atom is 0.0980 e. The van der Waals surface area contributed by atoms with E-state index >= 15 is 0 Å². The average molecular weight is 415 g/mol. The van der Waals surface area contributed by atoms with Crippen LogP contribution in [0.15, 0.2) is 71.1 Å². The Morgan fingerprint density at radius 2 is 1.84 bits per heavy atom. The van der Waals surface area contributed by atoms with Crippen LogP contribution in [0.5, 0.6) is 0 Å². The maximum absolute atomic E-state index is 11.4. The second kappa shape index (κ2) is 6.97. The highest BCUT2D eigenvalue weighted by Crippen LogP contribution is 2.66. The fourth-order valence-corrected chi connectivity index (χ4v) is 7.78. The summed E-state index contributed by atoms with van der Waals surface area (Å²) < 4.78 is 5.29. The third-order valence-electron chi connectivity index (χ3n) is 9.61. The van der Waals surface area contributed by atoms with Crippen LogP contribution in [0.2, 0.25) is 0 Å².